The summed E-state index contributed by atoms with van der Waals surface area (Å²) in [7, 11) is 0. The van der Waals surface area contributed by atoms with Crippen LogP contribution in [0.5, 0.6) is 0 Å². The third kappa shape index (κ3) is 2.23. The van der Waals surface area contributed by atoms with Crippen molar-refractivity contribution in [1.82, 2.24) is 4.98 Å². The molecule has 1 aromatic heterocycles. The fourth-order valence-electron chi connectivity index (χ4n) is 2.50. The minimum absolute atomic E-state index is 0.201. The molecule has 100 valence electrons. The van der Waals surface area contributed by atoms with Gasteiger partial charge in [0, 0.05) is 17.0 Å². The lowest BCUT2D eigenvalue weighted by atomic mass is 9.99. The molecule has 0 aliphatic rings. The molecule has 2 aromatic carbocycles. The largest absolute Gasteiger partial charge is 0.466 e. The standard InChI is InChI=1S/C17H15NO2/c1-2-20-15(19)11-14-6-3-5-12-8-9-13-7-4-10-18-17(13)16(12)14/h3-10H,2,11H2,1H3. The van der Waals surface area contributed by atoms with E-state index in [2.05, 4.69) is 17.1 Å². The highest BCUT2D eigenvalue weighted by atomic mass is 16.5. The maximum atomic E-state index is 11.7. The average Bonchev–Trinajstić information content (AvgIpc) is 2.47. The van der Waals surface area contributed by atoms with Crippen LogP contribution < -0.4 is 0 Å². The molecule has 3 heteroatoms. The molecule has 0 aliphatic carbocycles. The highest BCUT2D eigenvalue weighted by Crippen LogP contribution is 2.27. The van der Waals surface area contributed by atoms with E-state index >= 15 is 0 Å². The molecular weight excluding hydrogens is 250 g/mol. The van der Waals surface area contributed by atoms with Gasteiger partial charge in [-0.3, -0.25) is 9.78 Å². The lowest BCUT2D eigenvalue weighted by Crippen LogP contribution is -2.07. The summed E-state index contributed by atoms with van der Waals surface area (Å²) in [6, 6.07) is 14.0. The fourth-order valence-corrected chi connectivity index (χ4v) is 2.50. The smallest absolute Gasteiger partial charge is 0.310 e. The van der Waals surface area contributed by atoms with Gasteiger partial charge in [0.15, 0.2) is 0 Å². The van der Waals surface area contributed by atoms with Crippen LogP contribution in [0.2, 0.25) is 0 Å². The normalized spacial score (nSPS) is 10.8. The van der Waals surface area contributed by atoms with Crippen molar-refractivity contribution in [3.63, 3.8) is 0 Å². The Hall–Kier alpha value is -2.42. The molecule has 1 heterocycles. The van der Waals surface area contributed by atoms with Gasteiger partial charge in [-0.1, -0.05) is 36.4 Å². The lowest BCUT2D eigenvalue weighted by Gasteiger charge is -2.09. The first-order valence-corrected chi connectivity index (χ1v) is 6.70. The van der Waals surface area contributed by atoms with Crippen LogP contribution >= 0.6 is 0 Å². The van der Waals surface area contributed by atoms with Crippen LogP contribution in [0.15, 0.2) is 48.7 Å². The number of carbonyl (C=O) groups is 1. The Morgan fingerprint density at radius 1 is 1.10 bits per heavy atom. The van der Waals surface area contributed by atoms with Crippen LogP contribution in [-0.4, -0.2) is 17.6 Å². The Morgan fingerprint density at radius 2 is 1.90 bits per heavy atom. The zero-order chi connectivity index (χ0) is 13.9. The Morgan fingerprint density at radius 3 is 2.75 bits per heavy atom. The number of esters is 1. The summed E-state index contributed by atoms with van der Waals surface area (Å²) >= 11 is 0. The molecule has 0 spiro atoms. The third-order valence-corrected chi connectivity index (χ3v) is 3.34. The molecule has 0 aliphatic heterocycles. The molecule has 0 fully saturated rings. The Labute approximate surface area is 117 Å². The average molecular weight is 265 g/mol. The van der Waals surface area contributed by atoms with E-state index in [0.29, 0.717) is 6.61 Å². The summed E-state index contributed by atoms with van der Waals surface area (Å²) in [6.45, 7) is 2.22. The second-order valence-electron chi connectivity index (χ2n) is 4.64. The zero-order valence-electron chi connectivity index (χ0n) is 11.3. The van der Waals surface area contributed by atoms with Gasteiger partial charge in [0.25, 0.3) is 0 Å². The third-order valence-electron chi connectivity index (χ3n) is 3.34. The van der Waals surface area contributed by atoms with Gasteiger partial charge in [-0.2, -0.15) is 0 Å². The van der Waals surface area contributed by atoms with Crippen molar-refractivity contribution in [2.45, 2.75) is 13.3 Å². The van der Waals surface area contributed by atoms with Crippen molar-refractivity contribution in [3.8, 4) is 0 Å². The van der Waals surface area contributed by atoms with Crippen LogP contribution in [0, 0.1) is 0 Å². The summed E-state index contributed by atoms with van der Waals surface area (Å²) in [6.07, 6.45) is 2.06. The predicted molar refractivity (Wildman–Crippen MR) is 79.6 cm³/mol. The molecule has 0 N–H and O–H groups in total. The predicted octanol–water partition coefficient (Wildman–Crippen LogP) is 3.49. The number of rotatable bonds is 3. The van der Waals surface area contributed by atoms with Crippen molar-refractivity contribution in [3.05, 3.63) is 54.2 Å². The number of pyridine rings is 1. The SMILES string of the molecule is CCOC(=O)Cc1cccc2ccc3cccnc3c12. The van der Waals surface area contributed by atoms with E-state index in [4.69, 9.17) is 4.74 Å². The number of benzene rings is 2. The van der Waals surface area contributed by atoms with Crippen molar-refractivity contribution in [1.29, 1.82) is 0 Å². The minimum atomic E-state index is -0.201. The summed E-state index contributed by atoms with van der Waals surface area (Å²) in [5.41, 5.74) is 1.90. The van der Waals surface area contributed by atoms with Gasteiger partial charge in [-0.15, -0.1) is 0 Å². The van der Waals surface area contributed by atoms with Gasteiger partial charge < -0.3 is 4.74 Å². The van der Waals surface area contributed by atoms with Crippen LogP contribution in [-0.2, 0) is 16.0 Å². The Bertz CT molecular complexity index is 780. The molecule has 20 heavy (non-hydrogen) atoms. The quantitative estimate of drug-likeness (QED) is 0.537. The van der Waals surface area contributed by atoms with Gasteiger partial charge in [0.1, 0.15) is 0 Å². The minimum Gasteiger partial charge on any atom is -0.466 e. The lowest BCUT2D eigenvalue weighted by molar-refractivity contribution is -0.142. The molecule has 0 atom stereocenters. The van der Waals surface area contributed by atoms with E-state index in [1.807, 2.05) is 37.3 Å². The van der Waals surface area contributed by atoms with Gasteiger partial charge in [0.05, 0.1) is 18.5 Å². The zero-order valence-corrected chi connectivity index (χ0v) is 11.3. The Kier molecular flexibility index (Phi) is 3.33. The molecule has 0 radical (unpaired) electrons. The van der Waals surface area contributed by atoms with Crippen molar-refractivity contribution < 1.29 is 9.53 Å². The van der Waals surface area contributed by atoms with Crippen LogP contribution in [0.25, 0.3) is 21.7 Å². The number of carbonyl (C=O) groups excluding carboxylic acids is 1. The molecule has 0 amide bonds. The van der Waals surface area contributed by atoms with E-state index in [1.165, 1.54) is 0 Å². The van der Waals surface area contributed by atoms with Gasteiger partial charge in [-0.25, -0.2) is 0 Å². The maximum absolute atomic E-state index is 11.7. The first kappa shape index (κ1) is 12.6. The highest BCUT2D eigenvalue weighted by molar-refractivity contribution is 6.07. The van der Waals surface area contributed by atoms with E-state index in [-0.39, 0.29) is 12.4 Å². The van der Waals surface area contributed by atoms with Crippen molar-refractivity contribution in [2.75, 3.05) is 6.61 Å². The monoisotopic (exact) mass is 265 g/mol. The summed E-state index contributed by atoms with van der Waals surface area (Å²) in [5, 5.41) is 3.22. The maximum Gasteiger partial charge on any atom is 0.310 e. The first-order chi connectivity index (χ1) is 9.79. The first-order valence-electron chi connectivity index (χ1n) is 6.70. The molecule has 3 aromatic rings. The van der Waals surface area contributed by atoms with E-state index in [1.54, 1.807) is 6.20 Å². The Balaban J connectivity index is 2.21. The van der Waals surface area contributed by atoms with Crippen molar-refractivity contribution >= 4 is 27.6 Å². The number of fused-ring (bicyclic) bond motifs is 3. The molecule has 0 bridgehead atoms. The summed E-state index contributed by atoms with van der Waals surface area (Å²) in [5.74, 6) is -0.201. The number of aromatic nitrogens is 1. The molecule has 3 nitrogen and oxygen atoms in total. The number of nitrogens with zero attached hydrogens (tertiary/aromatic N) is 1. The van der Waals surface area contributed by atoms with E-state index < -0.39 is 0 Å². The van der Waals surface area contributed by atoms with Crippen LogP contribution in [0.1, 0.15) is 12.5 Å². The topological polar surface area (TPSA) is 39.2 Å². The second kappa shape index (κ2) is 5.29. The molecule has 3 rings (SSSR count). The number of hydrogen-bond acceptors (Lipinski definition) is 3. The molecular formula is C17H15NO2. The highest BCUT2D eigenvalue weighted by Gasteiger charge is 2.10. The number of hydrogen-bond donors (Lipinski definition) is 0. The van der Waals surface area contributed by atoms with E-state index in [0.717, 1.165) is 27.2 Å². The molecule has 0 saturated carbocycles. The second-order valence-corrected chi connectivity index (χ2v) is 4.64. The molecule has 0 unspecified atom stereocenters. The van der Waals surface area contributed by atoms with Crippen molar-refractivity contribution in [2.24, 2.45) is 0 Å². The van der Waals surface area contributed by atoms with Gasteiger partial charge >= 0.3 is 5.97 Å². The fraction of sp³-hybridized carbons (Fsp3) is 0.176. The van der Waals surface area contributed by atoms with Crippen LogP contribution in [0.3, 0.4) is 0 Å². The van der Waals surface area contributed by atoms with Crippen LogP contribution in [0.4, 0.5) is 0 Å². The van der Waals surface area contributed by atoms with Gasteiger partial charge in [0.2, 0.25) is 0 Å². The van der Waals surface area contributed by atoms with Gasteiger partial charge in [-0.05, 0) is 23.9 Å². The summed E-state index contributed by atoms with van der Waals surface area (Å²) < 4.78 is 5.05. The molecule has 0 saturated heterocycles. The number of ether oxygens (including phenoxy) is 1. The summed E-state index contributed by atoms with van der Waals surface area (Å²) in [4.78, 5) is 16.2. The van der Waals surface area contributed by atoms with E-state index in [9.17, 15) is 4.79 Å².